The number of hydrogen-bond donors (Lipinski definition) is 19. The SMILES string of the molecule is [N-]=[N+]=N[C@@H]1[C@@H](O)[C@H]2O[C@H]3[C@H](O)[C@H](O)[C@@H](O[C@H]4[C@H](O)[C@H](O)[C@@H](O[C@H]5[C@@H](N=[N+]=[N-])[C@@H](O)[C@@H](O[C@H]6[C@H](O)[C@@H](O)[C@@H](O[C@H]7[C@H](O)[C@@H](O)[C@@H](O[C@H]8[C@H](O)[C@@H](O)[C@@H](O[C@@H]1[C@@H](CO)O2)O[C@@H]8CO)O[C@@H]7CO)O[C@@H]6CO)O[C@@H]5CO)O[C@@H]4CO)O[C@@H]3CO. The average molecular weight is 1190 g/mol. The van der Waals surface area contributed by atoms with Crippen molar-refractivity contribution in [1.82, 2.24) is 0 Å². The highest BCUT2D eigenvalue weighted by molar-refractivity contribution is 5.03. The summed E-state index contributed by atoms with van der Waals surface area (Å²) in [6, 6.07) is -3.80. The zero-order valence-corrected chi connectivity index (χ0v) is 42.1. The molecular formula is C42H68N6O33. The summed E-state index contributed by atoms with van der Waals surface area (Å²) < 4.78 is 80.4. The van der Waals surface area contributed by atoms with E-state index in [0.29, 0.717) is 0 Å². The predicted molar refractivity (Wildman–Crippen MR) is 242 cm³/mol. The van der Waals surface area contributed by atoms with Crippen LogP contribution in [0, 0.1) is 0 Å². The van der Waals surface area contributed by atoms with E-state index < -0.39 is 261 Å². The lowest BCUT2D eigenvalue weighted by molar-refractivity contribution is -0.392. The van der Waals surface area contributed by atoms with Crippen molar-refractivity contribution in [2.75, 3.05) is 46.2 Å². The maximum Gasteiger partial charge on any atom is 0.187 e. The number of aliphatic hydroxyl groups is 19. The number of hydrogen-bond acceptors (Lipinski definition) is 35. The highest BCUT2D eigenvalue weighted by atomic mass is 16.8. The average Bonchev–Trinajstić information content (AvgIpc) is 3.49. The van der Waals surface area contributed by atoms with Crippen LogP contribution >= 0.6 is 0 Å². The molecular weight excluding hydrogens is 1120 g/mol. The fourth-order valence-electron chi connectivity index (χ4n) is 10.8. The summed E-state index contributed by atoms with van der Waals surface area (Å²) in [5.41, 5.74) is 19.2. The molecule has 35 atom stereocenters. The van der Waals surface area contributed by atoms with Gasteiger partial charge in [-0.2, -0.15) is 0 Å². The Kier molecular flexibility index (Phi) is 22.0. The van der Waals surface area contributed by atoms with Gasteiger partial charge < -0.3 is 163 Å². The Balaban J connectivity index is 1.11. The lowest BCUT2D eigenvalue weighted by Crippen LogP contribution is -2.68. The molecule has 0 aliphatic carbocycles. The molecule has 21 fully saturated rings. The van der Waals surface area contributed by atoms with Crippen LogP contribution in [0.15, 0.2) is 10.2 Å². The first-order valence-electron chi connectivity index (χ1n) is 25.4. The molecule has 0 aromatic heterocycles. The van der Waals surface area contributed by atoms with E-state index in [0.717, 1.165) is 0 Å². The molecule has 14 bridgehead atoms. The molecule has 39 heteroatoms. The molecule has 0 aromatic rings. The Morgan fingerprint density at radius 2 is 0.395 bits per heavy atom. The smallest absolute Gasteiger partial charge is 0.187 e. The third kappa shape index (κ3) is 12.8. The third-order valence-corrected chi connectivity index (χ3v) is 15.2. The van der Waals surface area contributed by atoms with Crippen molar-refractivity contribution < 1.29 is 163 Å². The normalized spacial score (nSPS) is 52.9. The van der Waals surface area contributed by atoms with Crippen molar-refractivity contribution in [2.45, 2.75) is 215 Å². The van der Waals surface area contributed by atoms with Crippen molar-refractivity contribution in [3.8, 4) is 0 Å². The van der Waals surface area contributed by atoms with Crippen LogP contribution in [0.5, 0.6) is 0 Å². The standard InChI is InChI=1S/C42H68N6O33/c43-47-45-15-17(56)36-68-9(2-50)30(15)76-39-25(64)20(59)34(13(6-54)71-39)80-42-28(67)23(62)35(14(7-55)74-42)81-41-27(66)22(61)32(11(4-52)73-41)78-37-18(57)16(46-48-44)29(8(1-49)69-37)75-38-24(63)19(58)33(12(5-53)70-38)79-40-26(65)21(60)31(77-36)10(3-51)72-40/h8-42,49-67H,1-7H2/t8-,9-,10-,11-,12-,13-,14-,15-,16+,17-,18-,19-,20-,21-,22-,23-,24+,25-,26+,27-,28-,29-,30-,31-,32-,33-,34-,35-,36-,37-,38-,39-,40-,41-,42-/m1/s1. The van der Waals surface area contributed by atoms with Gasteiger partial charge in [-0.05, 0) is 11.1 Å². The third-order valence-electron chi connectivity index (χ3n) is 15.2. The van der Waals surface area contributed by atoms with E-state index in [1.807, 2.05) is 0 Å². The Morgan fingerprint density at radius 3 is 0.568 bits per heavy atom. The Labute approximate surface area is 455 Å². The van der Waals surface area contributed by atoms with Crippen molar-refractivity contribution >= 4 is 0 Å². The van der Waals surface area contributed by atoms with Gasteiger partial charge in [0.1, 0.15) is 159 Å². The minimum Gasteiger partial charge on any atom is -0.394 e. The van der Waals surface area contributed by atoms with E-state index in [4.69, 9.17) is 66.3 Å². The van der Waals surface area contributed by atoms with Crippen LogP contribution in [0.1, 0.15) is 0 Å². The minimum absolute atomic E-state index is 1.07. The van der Waals surface area contributed by atoms with Crippen LogP contribution in [-0.2, 0) is 66.3 Å². The van der Waals surface area contributed by atoms with E-state index in [2.05, 4.69) is 20.1 Å². The van der Waals surface area contributed by atoms with Gasteiger partial charge in [0.25, 0.3) is 0 Å². The van der Waals surface area contributed by atoms with Crippen LogP contribution in [0.25, 0.3) is 20.9 Å². The molecule has 81 heavy (non-hydrogen) atoms. The van der Waals surface area contributed by atoms with Gasteiger partial charge >= 0.3 is 0 Å². The van der Waals surface area contributed by atoms with Crippen molar-refractivity contribution in [3.63, 3.8) is 0 Å². The number of azide groups is 2. The zero-order valence-electron chi connectivity index (χ0n) is 42.1. The molecule has 21 aliphatic rings. The van der Waals surface area contributed by atoms with Gasteiger partial charge in [0, 0.05) is 9.82 Å². The minimum atomic E-state index is -2.24. The van der Waals surface area contributed by atoms with E-state index >= 15 is 0 Å². The molecule has 39 nitrogen and oxygen atoms in total. The molecule has 0 saturated carbocycles. The Morgan fingerprint density at radius 1 is 0.235 bits per heavy atom. The maximum absolute atomic E-state index is 11.6. The summed E-state index contributed by atoms with van der Waals surface area (Å²) in [4.78, 5) is 5.39. The maximum atomic E-state index is 11.6. The second-order valence-electron chi connectivity index (χ2n) is 20.1. The molecule has 19 N–H and O–H groups in total. The molecule has 21 aliphatic heterocycles. The van der Waals surface area contributed by atoms with Crippen molar-refractivity contribution in [3.05, 3.63) is 20.9 Å². The predicted octanol–water partition coefficient (Wildman–Crippen LogP) is -12.6. The Bertz CT molecular complexity index is 2080. The summed E-state index contributed by atoms with van der Waals surface area (Å²) in [5, 5.41) is 217. The second kappa shape index (κ2) is 27.8. The number of ether oxygens (including phenoxy) is 14. The van der Waals surface area contributed by atoms with Crippen LogP contribution in [0.2, 0.25) is 0 Å². The molecule has 0 spiro atoms. The van der Waals surface area contributed by atoms with Crippen LogP contribution < -0.4 is 0 Å². The first-order valence-corrected chi connectivity index (χ1v) is 25.4. The molecule has 0 unspecified atom stereocenters. The van der Waals surface area contributed by atoms with Gasteiger partial charge in [0.05, 0.1) is 58.3 Å². The van der Waals surface area contributed by atoms with Gasteiger partial charge in [0.15, 0.2) is 44.0 Å². The molecule has 21 heterocycles. The van der Waals surface area contributed by atoms with E-state index in [1.54, 1.807) is 0 Å². The number of nitrogens with zero attached hydrogens (tertiary/aromatic N) is 6. The zero-order chi connectivity index (χ0) is 58.9. The summed E-state index contributed by atoms with van der Waals surface area (Å²) in [5.74, 6) is 0. The molecule has 21 rings (SSSR count). The fraction of sp³-hybridized carbons (Fsp3) is 1.00. The topological polar surface area (TPSA) is 611 Å². The van der Waals surface area contributed by atoms with Gasteiger partial charge in [-0.1, -0.05) is 10.2 Å². The number of rotatable bonds is 9. The largest absolute Gasteiger partial charge is 0.394 e. The van der Waals surface area contributed by atoms with Crippen LogP contribution in [0.4, 0.5) is 0 Å². The van der Waals surface area contributed by atoms with Crippen molar-refractivity contribution in [2.24, 2.45) is 10.2 Å². The van der Waals surface area contributed by atoms with E-state index in [9.17, 15) is 108 Å². The highest BCUT2D eigenvalue weighted by Crippen LogP contribution is 2.39. The Hall–Kier alpha value is -2.70. The van der Waals surface area contributed by atoms with Gasteiger partial charge in [-0.25, -0.2) is 0 Å². The van der Waals surface area contributed by atoms with Gasteiger partial charge in [0.2, 0.25) is 0 Å². The summed E-state index contributed by atoms with van der Waals surface area (Å²) >= 11 is 0. The summed E-state index contributed by atoms with van der Waals surface area (Å²) in [7, 11) is 0. The lowest BCUT2D eigenvalue weighted by Gasteiger charge is -2.50. The van der Waals surface area contributed by atoms with Crippen molar-refractivity contribution in [1.29, 1.82) is 0 Å². The first kappa shape index (κ1) is 64.3. The summed E-state index contributed by atoms with van der Waals surface area (Å²) in [6.07, 6.45) is -66.6. The first-order chi connectivity index (χ1) is 38.7. The van der Waals surface area contributed by atoms with Crippen LogP contribution in [0.3, 0.4) is 0 Å². The molecule has 464 valence electrons. The van der Waals surface area contributed by atoms with E-state index in [-0.39, 0.29) is 0 Å². The quantitative estimate of drug-likeness (QED) is 0.0579. The monoisotopic (exact) mass is 1180 g/mol. The molecule has 0 aromatic carbocycles. The van der Waals surface area contributed by atoms with Gasteiger partial charge in [-0.3, -0.25) is 0 Å². The molecule has 0 amide bonds. The highest BCUT2D eigenvalue weighted by Gasteiger charge is 2.59. The second-order valence-corrected chi connectivity index (χ2v) is 20.1. The number of aliphatic hydroxyl groups excluding tert-OH is 19. The lowest BCUT2D eigenvalue weighted by atomic mass is 9.94. The summed E-state index contributed by atoms with van der Waals surface area (Å²) in [6.45, 7) is -7.49. The fourth-order valence-corrected chi connectivity index (χ4v) is 10.8. The van der Waals surface area contributed by atoms with E-state index in [1.165, 1.54) is 0 Å². The van der Waals surface area contributed by atoms with Gasteiger partial charge in [-0.15, -0.1) is 0 Å². The molecule has 0 radical (unpaired) electrons. The van der Waals surface area contributed by atoms with Crippen LogP contribution in [-0.4, -0.2) is 358 Å². The molecule has 21 saturated heterocycles.